The molecule has 1 aliphatic heterocycles. The Kier molecular flexibility index (Phi) is 4.96. The molecule has 1 fully saturated rings. The van der Waals surface area contributed by atoms with Crippen molar-refractivity contribution in [3.05, 3.63) is 35.9 Å². The SMILES string of the molecule is CN(C)c1cc(C(=O)NC2(CO)CCSCC2)c2ccccc2n1. The van der Waals surface area contributed by atoms with Crippen LogP contribution in [0, 0.1) is 0 Å². The lowest BCUT2D eigenvalue weighted by Crippen LogP contribution is -2.53. The Morgan fingerprint density at radius 1 is 1.33 bits per heavy atom. The molecule has 3 rings (SSSR count). The zero-order valence-electron chi connectivity index (χ0n) is 14.1. The van der Waals surface area contributed by atoms with E-state index in [9.17, 15) is 9.90 Å². The lowest BCUT2D eigenvalue weighted by Gasteiger charge is -2.36. The van der Waals surface area contributed by atoms with Crippen molar-refractivity contribution >= 4 is 34.4 Å². The topological polar surface area (TPSA) is 65.5 Å². The smallest absolute Gasteiger partial charge is 0.252 e. The van der Waals surface area contributed by atoms with Crippen LogP contribution >= 0.6 is 11.8 Å². The number of aromatic nitrogens is 1. The maximum Gasteiger partial charge on any atom is 0.252 e. The van der Waals surface area contributed by atoms with Crippen LogP contribution < -0.4 is 10.2 Å². The maximum absolute atomic E-state index is 13.0. The summed E-state index contributed by atoms with van der Waals surface area (Å²) in [5, 5.41) is 13.8. The average Bonchev–Trinajstić information content (AvgIpc) is 2.61. The van der Waals surface area contributed by atoms with Crippen LogP contribution in [0.1, 0.15) is 23.2 Å². The lowest BCUT2D eigenvalue weighted by molar-refractivity contribution is 0.0819. The first-order valence-electron chi connectivity index (χ1n) is 8.13. The molecule has 2 N–H and O–H groups in total. The molecule has 0 radical (unpaired) electrons. The summed E-state index contributed by atoms with van der Waals surface area (Å²) in [5.41, 5.74) is 0.895. The Morgan fingerprint density at radius 2 is 2.04 bits per heavy atom. The van der Waals surface area contributed by atoms with Gasteiger partial charge in [0.25, 0.3) is 5.91 Å². The number of hydrogen-bond donors (Lipinski definition) is 2. The third-order valence-corrected chi connectivity index (χ3v) is 5.52. The summed E-state index contributed by atoms with van der Waals surface area (Å²) < 4.78 is 0. The normalized spacial score (nSPS) is 16.8. The maximum atomic E-state index is 13.0. The number of carbonyl (C=O) groups excluding carboxylic acids is 1. The van der Waals surface area contributed by atoms with Crippen LogP contribution in [0.5, 0.6) is 0 Å². The number of aliphatic hydroxyl groups is 1. The van der Waals surface area contributed by atoms with Crippen molar-refractivity contribution in [3.63, 3.8) is 0 Å². The van der Waals surface area contributed by atoms with Gasteiger partial charge >= 0.3 is 0 Å². The molecule has 1 saturated heterocycles. The van der Waals surface area contributed by atoms with Crippen molar-refractivity contribution in [3.8, 4) is 0 Å². The molecule has 1 aromatic heterocycles. The Morgan fingerprint density at radius 3 is 2.71 bits per heavy atom. The average molecular weight is 345 g/mol. The number of benzene rings is 1. The molecule has 1 aromatic carbocycles. The van der Waals surface area contributed by atoms with Crippen molar-refractivity contribution in [1.29, 1.82) is 0 Å². The minimum absolute atomic E-state index is 0.0249. The van der Waals surface area contributed by atoms with Crippen LogP contribution in [-0.2, 0) is 0 Å². The molecule has 2 aromatic rings. The van der Waals surface area contributed by atoms with Crippen molar-refractivity contribution in [1.82, 2.24) is 10.3 Å². The summed E-state index contributed by atoms with van der Waals surface area (Å²) in [6.45, 7) is -0.0249. The number of nitrogens with zero attached hydrogens (tertiary/aromatic N) is 2. The van der Waals surface area contributed by atoms with Gasteiger partial charge in [-0.25, -0.2) is 4.98 Å². The highest BCUT2D eigenvalue weighted by Gasteiger charge is 2.34. The quantitative estimate of drug-likeness (QED) is 0.890. The molecular formula is C18H23N3O2S. The van der Waals surface area contributed by atoms with Gasteiger partial charge in [0.05, 0.1) is 23.2 Å². The lowest BCUT2D eigenvalue weighted by atomic mass is 9.92. The van der Waals surface area contributed by atoms with E-state index < -0.39 is 5.54 Å². The summed E-state index contributed by atoms with van der Waals surface area (Å²) in [7, 11) is 3.82. The van der Waals surface area contributed by atoms with E-state index in [2.05, 4.69) is 10.3 Å². The van der Waals surface area contributed by atoms with E-state index in [0.29, 0.717) is 5.56 Å². The van der Waals surface area contributed by atoms with Crippen LogP contribution in [-0.4, -0.2) is 53.7 Å². The van der Waals surface area contributed by atoms with Gasteiger partial charge < -0.3 is 15.3 Å². The number of hydrogen-bond acceptors (Lipinski definition) is 5. The summed E-state index contributed by atoms with van der Waals surface area (Å²) in [4.78, 5) is 19.5. The van der Waals surface area contributed by atoms with Crippen molar-refractivity contribution in [2.75, 3.05) is 37.1 Å². The Bertz CT molecular complexity index is 742. The summed E-state index contributed by atoms with van der Waals surface area (Å²) in [5.74, 6) is 2.52. The van der Waals surface area contributed by atoms with Crippen LogP contribution in [0.2, 0.25) is 0 Å². The molecule has 2 heterocycles. The number of para-hydroxylation sites is 1. The van der Waals surface area contributed by atoms with Crippen LogP contribution in [0.3, 0.4) is 0 Å². The zero-order valence-corrected chi connectivity index (χ0v) is 14.9. The van der Waals surface area contributed by atoms with Gasteiger partial charge in [-0.2, -0.15) is 11.8 Å². The molecule has 0 atom stereocenters. The Labute approximate surface area is 146 Å². The second kappa shape index (κ2) is 6.99. The van der Waals surface area contributed by atoms with Crippen LogP contribution in [0.15, 0.2) is 30.3 Å². The van der Waals surface area contributed by atoms with Crippen molar-refractivity contribution in [2.24, 2.45) is 0 Å². The first kappa shape index (κ1) is 17.0. The monoisotopic (exact) mass is 345 g/mol. The zero-order chi connectivity index (χ0) is 17.2. The van der Waals surface area contributed by atoms with E-state index in [1.165, 1.54) is 0 Å². The molecular weight excluding hydrogens is 322 g/mol. The van der Waals surface area contributed by atoms with E-state index in [1.807, 2.05) is 61.1 Å². The third-order valence-electron chi connectivity index (χ3n) is 4.54. The fourth-order valence-corrected chi connectivity index (χ4v) is 4.25. The number of carbonyl (C=O) groups is 1. The van der Waals surface area contributed by atoms with E-state index >= 15 is 0 Å². The second-order valence-corrected chi connectivity index (χ2v) is 7.67. The van der Waals surface area contributed by atoms with Gasteiger partial charge in [-0.3, -0.25) is 4.79 Å². The molecule has 0 spiro atoms. The van der Waals surface area contributed by atoms with E-state index in [-0.39, 0.29) is 12.5 Å². The first-order valence-corrected chi connectivity index (χ1v) is 9.28. The molecule has 0 bridgehead atoms. The Hall–Kier alpha value is -1.79. The number of pyridine rings is 1. The molecule has 128 valence electrons. The summed E-state index contributed by atoms with van der Waals surface area (Å²) in [6.07, 6.45) is 1.59. The van der Waals surface area contributed by atoms with E-state index in [0.717, 1.165) is 41.1 Å². The van der Waals surface area contributed by atoms with E-state index in [1.54, 1.807) is 0 Å². The molecule has 0 unspecified atom stereocenters. The fraction of sp³-hybridized carbons (Fsp3) is 0.444. The van der Waals surface area contributed by atoms with Gasteiger partial charge in [-0.05, 0) is 36.5 Å². The van der Waals surface area contributed by atoms with Gasteiger partial charge in [0, 0.05) is 19.5 Å². The number of nitrogens with one attached hydrogen (secondary N) is 1. The standard InChI is InChI=1S/C18H23N3O2S/c1-21(2)16-11-14(13-5-3-4-6-15(13)19-16)17(23)20-18(12-22)7-9-24-10-8-18/h3-6,11,22H,7-10,12H2,1-2H3,(H,20,23). The number of rotatable bonds is 4. The highest BCUT2D eigenvalue weighted by molar-refractivity contribution is 7.99. The Balaban J connectivity index is 1.99. The van der Waals surface area contributed by atoms with Gasteiger partial charge in [0.2, 0.25) is 0 Å². The van der Waals surface area contributed by atoms with Gasteiger partial charge in [-0.15, -0.1) is 0 Å². The number of aliphatic hydroxyl groups excluding tert-OH is 1. The van der Waals surface area contributed by atoms with Gasteiger partial charge in [0.15, 0.2) is 0 Å². The number of fused-ring (bicyclic) bond motifs is 1. The summed E-state index contributed by atoms with van der Waals surface area (Å²) in [6, 6.07) is 9.48. The van der Waals surface area contributed by atoms with Crippen molar-refractivity contribution < 1.29 is 9.90 Å². The third kappa shape index (κ3) is 3.35. The fourth-order valence-electron chi connectivity index (χ4n) is 2.97. The van der Waals surface area contributed by atoms with E-state index in [4.69, 9.17) is 0 Å². The minimum Gasteiger partial charge on any atom is -0.394 e. The molecule has 0 saturated carbocycles. The van der Waals surface area contributed by atoms with Crippen LogP contribution in [0.4, 0.5) is 5.82 Å². The largest absolute Gasteiger partial charge is 0.394 e. The molecule has 6 heteroatoms. The predicted octanol–water partition coefficient (Wildman–Crippen LogP) is 2.29. The molecule has 1 aliphatic rings. The number of thioether (sulfide) groups is 1. The summed E-state index contributed by atoms with van der Waals surface area (Å²) >= 11 is 1.87. The number of amides is 1. The number of anilines is 1. The highest BCUT2D eigenvalue weighted by atomic mass is 32.2. The highest BCUT2D eigenvalue weighted by Crippen LogP contribution is 2.28. The van der Waals surface area contributed by atoms with Gasteiger partial charge in [0.1, 0.15) is 5.82 Å². The predicted molar refractivity (Wildman–Crippen MR) is 99.9 cm³/mol. The minimum atomic E-state index is -0.509. The first-order chi connectivity index (χ1) is 11.5. The second-order valence-electron chi connectivity index (χ2n) is 6.44. The van der Waals surface area contributed by atoms with Crippen LogP contribution in [0.25, 0.3) is 10.9 Å². The molecule has 1 amide bonds. The van der Waals surface area contributed by atoms with Gasteiger partial charge in [-0.1, -0.05) is 18.2 Å². The van der Waals surface area contributed by atoms with Crippen molar-refractivity contribution in [2.45, 2.75) is 18.4 Å². The molecule has 5 nitrogen and oxygen atoms in total. The molecule has 24 heavy (non-hydrogen) atoms. The molecule has 0 aliphatic carbocycles.